The normalized spacial score (nSPS) is 26.0. The number of benzene rings is 1. The van der Waals surface area contributed by atoms with Gasteiger partial charge >= 0.3 is 0 Å². The molecule has 0 N–H and O–H groups in total. The van der Waals surface area contributed by atoms with Crippen molar-refractivity contribution in [2.24, 2.45) is 4.99 Å². The Labute approximate surface area is 147 Å². The zero-order valence-corrected chi connectivity index (χ0v) is 15.3. The molecule has 0 radical (unpaired) electrons. The Hall–Kier alpha value is -1.79. The van der Waals surface area contributed by atoms with Crippen molar-refractivity contribution in [2.75, 3.05) is 32.1 Å². The maximum atomic E-state index is 12.2. The van der Waals surface area contributed by atoms with Crippen molar-refractivity contribution in [1.29, 1.82) is 0 Å². The van der Waals surface area contributed by atoms with Crippen molar-refractivity contribution >= 4 is 34.6 Å². The summed E-state index contributed by atoms with van der Waals surface area (Å²) in [5.74, 6) is -0.154. The van der Waals surface area contributed by atoms with Gasteiger partial charge in [-0.15, -0.1) is 0 Å². The van der Waals surface area contributed by atoms with E-state index in [0.29, 0.717) is 4.91 Å². The molecule has 3 rings (SSSR count). The van der Waals surface area contributed by atoms with Crippen LogP contribution in [0.2, 0.25) is 0 Å². The second kappa shape index (κ2) is 6.99. The van der Waals surface area contributed by atoms with E-state index in [4.69, 9.17) is 4.74 Å². The zero-order valence-electron chi connectivity index (χ0n) is 14.5. The first-order chi connectivity index (χ1) is 11.4. The van der Waals surface area contributed by atoms with Crippen LogP contribution in [0.5, 0.6) is 0 Å². The highest BCUT2D eigenvalue weighted by Crippen LogP contribution is 2.31. The molecule has 2 aliphatic rings. The lowest BCUT2D eigenvalue weighted by molar-refractivity contribution is -0.113. The van der Waals surface area contributed by atoms with Gasteiger partial charge in [0, 0.05) is 32.9 Å². The molecule has 2 heterocycles. The predicted octanol–water partition coefficient (Wildman–Crippen LogP) is 2.83. The third-order valence-corrected chi connectivity index (χ3v) is 5.05. The molecule has 2 unspecified atom stereocenters. The second-order valence-corrected chi connectivity index (χ2v) is 7.47. The molecule has 24 heavy (non-hydrogen) atoms. The molecule has 5 nitrogen and oxygen atoms in total. The van der Waals surface area contributed by atoms with Crippen LogP contribution in [0.25, 0.3) is 6.08 Å². The Morgan fingerprint density at radius 3 is 2.42 bits per heavy atom. The molecule has 1 amide bonds. The third-order valence-electron chi connectivity index (χ3n) is 4.01. The minimum absolute atomic E-state index is 0.152. The topological polar surface area (TPSA) is 45.1 Å². The summed E-state index contributed by atoms with van der Waals surface area (Å²) in [6, 6.07) is 8.13. The van der Waals surface area contributed by atoms with E-state index < -0.39 is 0 Å². The SMILES string of the molecule is CC1CN(C2=NC(=O)/C(=C/c3ccc(N(C)C)cc3)S2)CC(C)O1. The van der Waals surface area contributed by atoms with Gasteiger partial charge in [-0.3, -0.25) is 4.79 Å². The van der Waals surface area contributed by atoms with Gasteiger partial charge in [0.25, 0.3) is 5.91 Å². The lowest BCUT2D eigenvalue weighted by Crippen LogP contribution is -2.47. The molecule has 128 valence electrons. The van der Waals surface area contributed by atoms with Crippen LogP contribution in [0, 0.1) is 0 Å². The number of morpholine rings is 1. The van der Waals surface area contributed by atoms with Crippen molar-refractivity contribution in [3.63, 3.8) is 0 Å². The second-order valence-electron chi connectivity index (χ2n) is 6.46. The van der Waals surface area contributed by atoms with Crippen molar-refractivity contribution < 1.29 is 9.53 Å². The van der Waals surface area contributed by atoms with Gasteiger partial charge in [0.1, 0.15) is 0 Å². The smallest absolute Gasteiger partial charge is 0.286 e. The number of ether oxygens (including phenoxy) is 1. The number of nitrogens with zero attached hydrogens (tertiary/aromatic N) is 3. The largest absolute Gasteiger partial charge is 0.378 e. The van der Waals surface area contributed by atoms with Crippen molar-refractivity contribution in [2.45, 2.75) is 26.1 Å². The monoisotopic (exact) mass is 345 g/mol. The molecule has 2 atom stereocenters. The molecule has 1 saturated heterocycles. The number of carbonyl (C=O) groups excluding carboxylic acids is 1. The summed E-state index contributed by atoms with van der Waals surface area (Å²) < 4.78 is 5.75. The Kier molecular flexibility index (Phi) is 4.96. The molecule has 1 aromatic carbocycles. The van der Waals surface area contributed by atoms with Crippen LogP contribution in [-0.2, 0) is 9.53 Å². The van der Waals surface area contributed by atoms with E-state index in [0.717, 1.165) is 29.5 Å². The van der Waals surface area contributed by atoms with E-state index in [1.165, 1.54) is 11.8 Å². The molecule has 0 spiro atoms. The molecule has 1 aromatic rings. The number of amidine groups is 1. The Balaban J connectivity index is 1.72. The fourth-order valence-electron chi connectivity index (χ4n) is 2.89. The number of anilines is 1. The summed E-state index contributed by atoms with van der Waals surface area (Å²) >= 11 is 1.46. The average Bonchev–Trinajstić information content (AvgIpc) is 2.88. The summed E-state index contributed by atoms with van der Waals surface area (Å²) in [6.45, 7) is 5.64. The first-order valence-corrected chi connectivity index (χ1v) is 8.94. The summed E-state index contributed by atoms with van der Waals surface area (Å²) in [5.41, 5.74) is 2.15. The van der Waals surface area contributed by atoms with E-state index in [-0.39, 0.29) is 18.1 Å². The molecule has 6 heteroatoms. The van der Waals surface area contributed by atoms with E-state index >= 15 is 0 Å². The quantitative estimate of drug-likeness (QED) is 0.771. The number of aliphatic imine (C=N–C) groups is 1. The van der Waals surface area contributed by atoms with Crippen molar-refractivity contribution in [3.05, 3.63) is 34.7 Å². The molecular formula is C18H23N3O2S. The van der Waals surface area contributed by atoms with Crippen LogP contribution < -0.4 is 4.90 Å². The number of amides is 1. The lowest BCUT2D eigenvalue weighted by Gasteiger charge is -2.35. The fraction of sp³-hybridized carbons (Fsp3) is 0.444. The van der Waals surface area contributed by atoms with Gasteiger partial charge in [-0.05, 0) is 49.4 Å². The minimum atomic E-state index is -0.154. The summed E-state index contributed by atoms with van der Waals surface area (Å²) in [7, 11) is 4.02. The Bertz CT molecular complexity index is 672. The maximum absolute atomic E-state index is 12.2. The Morgan fingerprint density at radius 2 is 1.83 bits per heavy atom. The standard InChI is InChI=1S/C18H23N3O2S/c1-12-10-21(11-13(2)23-12)18-19-17(22)16(24-18)9-14-5-7-15(8-6-14)20(3)4/h5-9,12-13H,10-11H2,1-4H3/b16-9-. The lowest BCUT2D eigenvalue weighted by atomic mass is 10.2. The number of rotatable bonds is 2. The van der Waals surface area contributed by atoms with Crippen LogP contribution in [0.4, 0.5) is 5.69 Å². The molecule has 0 aromatic heterocycles. The van der Waals surface area contributed by atoms with E-state index in [2.05, 4.69) is 9.89 Å². The molecule has 0 aliphatic carbocycles. The van der Waals surface area contributed by atoms with E-state index in [9.17, 15) is 4.79 Å². The van der Waals surface area contributed by atoms with Crippen molar-refractivity contribution in [1.82, 2.24) is 4.90 Å². The van der Waals surface area contributed by atoms with E-state index in [1.807, 2.05) is 63.2 Å². The first-order valence-electron chi connectivity index (χ1n) is 8.13. The third kappa shape index (κ3) is 3.82. The summed E-state index contributed by atoms with van der Waals surface area (Å²) in [5, 5.41) is 0.790. The van der Waals surface area contributed by atoms with Crippen LogP contribution in [-0.4, -0.2) is 55.4 Å². The van der Waals surface area contributed by atoms with E-state index in [1.54, 1.807) is 0 Å². The van der Waals surface area contributed by atoms with Gasteiger partial charge in [-0.1, -0.05) is 12.1 Å². The molecule has 0 bridgehead atoms. The minimum Gasteiger partial charge on any atom is -0.378 e. The molecule has 0 saturated carbocycles. The van der Waals surface area contributed by atoms with Crippen LogP contribution in [0.1, 0.15) is 19.4 Å². The number of thioether (sulfide) groups is 1. The van der Waals surface area contributed by atoms with Crippen LogP contribution in [0.3, 0.4) is 0 Å². The highest BCUT2D eigenvalue weighted by atomic mass is 32.2. The van der Waals surface area contributed by atoms with Gasteiger partial charge in [0.2, 0.25) is 0 Å². The van der Waals surface area contributed by atoms with Gasteiger partial charge in [-0.25, -0.2) is 0 Å². The average molecular weight is 345 g/mol. The van der Waals surface area contributed by atoms with Gasteiger partial charge in [0.05, 0.1) is 17.1 Å². The van der Waals surface area contributed by atoms with Crippen LogP contribution >= 0.6 is 11.8 Å². The van der Waals surface area contributed by atoms with Gasteiger partial charge < -0.3 is 14.5 Å². The molecule has 1 fully saturated rings. The summed E-state index contributed by atoms with van der Waals surface area (Å²) in [4.78, 5) is 21.3. The molecule has 2 aliphatic heterocycles. The number of hydrogen-bond donors (Lipinski definition) is 0. The predicted molar refractivity (Wildman–Crippen MR) is 100 cm³/mol. The highest BCUT2D eigenvalue weighted by Gasteiger charge is 2.30. The highest BCUT2D eigenvalue weighted by molar-refractivity contribution is 8.18. The zero-order chi connectivity index (χ0) is 17.3. The number of hydrogen-bond acceptors (Lipinski definition) is 5. The van der Waals surface area contributed by atoms with Gasteiger partial charge in [-0.2, -0.15) is 4.99 Å². The maximum Gasteiger partial charge on any atom is 0.286 e. The van der Waals surface area contributed by atoms with Gasteiger partial charge in [0.15, 0.2) is 5.17 Å². The summed E-state index contributed by atoms with van der Waals surface area (Å²) in [6.07, 6.45) is 2.22. The number of carbonyl (C=O) groups is 1. The van der Waals surface area contributed by atoms with Crippen LogP contribution in [0.15, 0.2) is 34.2 Å². The molecular weight excluding hydrogens is 322 g/mol. The Morgan fingerprint density at radius 1 is 1.21 bits per heavy atom. The fourth-order valence-corrected chi connectivity index (χ4v) is 3.82. The first kappa shape index (κ1) is 17.0. The van der Waals surface area contributed by atoms with Crippen molar-refractivity contribution in [3.8, 4) is 0 Å².